The van der Waals surface area contributed by atoms with E-state index >= 15 is 0 Å². The molecule has 0 bridgehead atoms. The highest BCUT2D eigenvalue weighted by molar-refractivity contribution is 5.54. The largest absolute Gasteiger partial charge is 0.366 e. The third-order valence-electron chi connectivity index (χ3n) is 3.84. The first-order valence-corrected chi connectivity index (χ1v) is 8.37. The van der Waals surface area contributed by atoms with Gasteiger partial charge in [0.2, 0.25) is 0 Å². The molecule has 0 heteroatoms. The Balaban J connectivity index is 1.90. The minimum absolute atomic E-state index is 0.610. The van der Waals surface area contributed by atoms with Gasteiger partial charge in [-0.25, -0.2) is 0 Å². The molecule has 0 aromatic heterocycles. The van der Waals surface area contributed by atoms with E-state index in [1.54, 1.807) is 36.4 Å². The molecule has 0 unspecified atom stereocenters. The first-order valence-electron chi connectivity index (χ1n) is 8.37. The van der Waals surface area contributed by atoms with Crippen molar-refractivity contribution >= 4 is 0 Å². The van der Waals surface area contributed by atoms with Gasteiger partial charge in [0.05, 0.1) is 0 Å². The summed E-state index contributed by atoms with van der Waals surface area (Å²) < 4.78 is 0. The predicted molar refractivity (Wildman–Crippen MR) is 110 cm³/mol. The van der Waals surface area contributed by atoms with Crippen molar-refractivity contribution in [1.82, 2.24) is 0 Å². The van der Waals surface area contributed by atoms with Crippen molar-refractivity contribution in [2.75, 3.05) is 0 Å². The van der Waals surface area contributed by atoms with E-state index in [0.717, 1.165) is 22.3 Å². The van der Waals surface area contributed by atoms with Crippen LogP contribution in [0, 0.1) is 60.7 Å². The lowest BCUT2D eigenvalue weighted by Gasteiger charge is -2.04. The van der Waals surface area contributed by atoms with Crippen LogP contribution in [0.15, 0.2) is 66.7 Å². The molecule has 0 saturated carbocycles. The van der Waals surface area contributed by atoms with Crippen molar-refractivity contribution in [2.45, 2.75) is 0 Å². The minimum Gasteiger partial charge on any atom is -0.366 e. The van der Waals surface area contributed by atoms with Crippen molar-refractivity contribution in [1.29, 1.82) is 0 Å². The van der Waals surface area contributed by atoms with E-state index in [-0.39, 0.29) is 0 Å². The van der Waals surface area contributed by atoms with Gasteiger partial charge in [0, 0.05) is 22.3 Å². The summed E-state index contributed by atoms with van der Waals surface area (Å²) in [6, 6.07) is 20.0. The zero-order valence-corrected chi connectivity index (χ0v) is 14.9. The lowest BCUT2D eigenvalue weighted by molar-refractivity contribution is 1.55. The normalized spacial score (nSPS) is 8.75. The molecule has 0 N–H and O–H groups in total. The fourth-order valence-electron chi connectivity index (χ4n) is 2.41. The first-order chi connectivity index (χ1) is 13.7. The van der Waals surface area contributed by atoms with Crippen LogP contribution in [0.5, 0.6) is 0 Å². The number of benzene rings is 3. The average Bonchev–Trinajstić information content (AvgIpc) is 2.76. The molecule has 0 amide bonds. The van der Waals surface area contributed by atoms with E-state index < -0.39 is 0 Å². The van der Waals surface area contributed by atoms with E-state index in [1.165, 1.54) is 0 Å². The Labute approximate surface area is 166 Å². The van der Waals surface area contributed by atoms with Gasteiger partial charge in [-0.2, -0.15) is 0 Å². The van der Waals surface area contributed by atoms with Gasteiger partial charge in [-0.05, 0) is 6.07 Å². The third kappa shape index (κ3) is 4.76. The maximum Gasteiger partial charge on any atom is 0.0219 e. The molecule has 0 saturated heterocycles. The molecule has 0 nitrogen and oxygen atoms in total. The van der Waals surface area contributed by atoms with Gasteiger partial charge in [-0.1, -0.05) is 47.9 Å². The fourth-order valence-corrected chi connectivity index (χ4v) is 2.41. The number of rotatable bonds is 0. The summed E-state index contributed by atoms with van der Waals surface area (Å²) in [6.45, 7) is 0. The second-order valence-corrected chi connectivity index (χ2v) is 5.83. The van der Waals surface area contributed by atoms with Crippen molar-refractivity contribution in [2.24, 2.45) is 0 Å². The Hall–Kier alpha value is -4.54. The summed E-state index contributed by atoms with van der Waals surface area (Å²) in [4.78, 5) is 0. The smallest absolute Gasteiger partial charge is 0.0219 e. The van der Waals surface area contributed by atoms with E-state index in [2.05, 4.69) is 41.4 Å². The van der Waals surface area contributed by atoms with Gasteiger partial charge < -0.3 is 19.3 Å². The van der Waals surface area contributed by atoms with Gasteiger partial charge in [0.15, 0.2) is 0 Å². The van der Waals surface area contributed by atoms with Crippen LogP contribution in [0.4, 0.5) is 0 Å². The van der Waals surface area contributed by atoms with Crippen LogP contribution in [0.1, 0.15) is 38.9 Å². The Kier molecular flexibility index (Phi) is 5.68. The molecular weight excluding hydrogens is 336 g/mol. The lowest BCUT2D eigenvalue weighted by atomic mass is 10.0. The molecular formula is C28H11-3. The highest BCUT2D eigenvalue weighted by Gasteiger charge is 1.92. The van der Waals surface area contributed by atoms with Crippen LogP contribution in [0.2, 0.25) is 0 Å². The summed E-state index contributed by atoms with van der Waals surface area (Å²) in [5.74, 6) is 19.4. The Morgan fingerprint density at radius 3 is 1.00 bits per heavy atom. The molecule has 0 heterocycles. The van der Waals surface area contributed by atoms with Crippen LogP contribution in [-0.4, -0.2) is 0 Å². The maximum absolute atomic E-state index is 7.42. The first kappa shape index (κ1) is 18.3. The maximum atomic E-state index is 7.42. The van der Waals surface area contributed by atoms with Gasteiger partial charge in [-0.3, -0.25) is 17.8 Å². The van der Waals surface area contributed by atoms with E-state index in [9.17, 15) is 0 Å². The molecule has 3 aromatic rings. The zero-order valence-electron chi connectivity index (χ0n) is 14.9. The summed E-state index contributed by atoms with van der Waals surface area (Å²) in [5.41, 5.74) is 5.18. The molecule has 126 valence electrons. The summed E-state index contributed by atoms with van der Waals surface area (Å²) in [7, 11) is 0. The third-order valence-corrected chi connectivity index (χ3v) is 3.84. The molecule has 28 heavy (non-hydrogen) atoms. The monoisotopic (exact) mass is 347 g/mol. The van der Waals surface area contributed by atoms with E-state index in [4.69, 9.17) is 19.3 Å². The Morgan fingerprint density at radius 2 is 0.643 bits per heavy atom. The molecule has 0 spiro atoms. The number of hydrogen-bond acceptors (Lipinski definition) is 0. The van der Waals surface area contributed by atoms with Crippen LogP contribution in [0.3, 0.4) is 0 Å². The lowest BCUT2D eigenvalue weighted by Crippen LogP contribution is -1.85. The second-order valence-electron chi connectivity index (χ2n) is 5.83. The summed E-state index contributed by atoms with van der Waals surface area (Å²) in [6.07, 6.45) is 21.6. The predicted octanol–water partition coefficient (Wildman–Crippen LogP) is 4.30. The van der Waals surface area contributed by atoms with Crippen LogP contribution < -0.4 is 0 Å². The molecule has 0 aliphatic carbocycles. The Bertz CT molecular complexity index is 1160. The summed E-state index contributed by atoms with van der Waals surface area (Å²) in [5, 5.41) is 0. The van der Waals surface area contributed by atoms with E-state index in [1.807, 2.05) is 30.3 Å². The highest BCUT2D eigenvalue weighted by atomic mass is 14.0. The molecule has 0 fully saturated rings. The van der Waals surface area contributed by atoms with Gasteiger partial charge in [-0.15, -0.1) is 53.1 Å². The van der Waals surface area contributed by atoms with Crippen LogP contribution in [-0.2, 0) is 0 Å². The fraction of sp³-hybridized carbons (Fsp3) is 0. The zero-order chi connectivity index (χ0) is 19.8. The summed E-state index contributed by atoms with van der Waals surface area (Å²) >= 11 is 0. The SMILES string of the molecule is [C-]#Cc1ccc(C#Cc2cc(C#[C-])cc(C#Cc3ccc(C#[C-])cc3)c2)cc1. The van der Waals surface area contributed by atoms with E-state index in [0.29, 0.717) is 16.7 Å². The second kappa shape index (κ2) is 8.71. The van der Waals surface area contributed by atoms with Crippen LogP contribution in [0.25, 0.3) is 0 Å². The molecule has 0 atom stereocenters. The molecule has 0 radical (unpaired) electrons. The van der Waals surface area contributed by atoms with Crippen LogP contribution >= 0.6 is 0 Å². The average molecular weight is 347 g/mol. The topological polar surface area (TPSA) is 0 Å². The van der Waals surface area contributed by atoms with Gasteiger partial charge in [0.25, 0.3) is 0 Å². The number of hydrogen-bond donors (Lipinski definition) is 0. The minimum atomic E-state index is 0.610. The van der Waals surface area contributed by atoms with Crippen molar-refractivity contribution in [3.8, 4) is 41.4 Å². The van der Waals surface area contributed by atoms with Gasteiger partial charge >= 0.3 is 0 Å². The quantitative estimate of drug-likeness (QED) is 0.420. The standard InChI is InChI=1S/C28H11/c1-4-22-7-11-25(12-8-22)15-17-27-19-24(6-3)20-28(21-27)18-16-26-13-9-23(5-2)10-14-26/h7-14,19-21H/q-3. The molecule has 3 aromatic carbocycles. The Morgan fingerprint density at radius 1 is 0.357 bits per heavy atom. The van der Waals surface area contributed by atoms with Gasteiger partial charge in [0.1, 0.15) is 0 Å². The molecule has 0 aliphatic rings. The van der Waals surface area contributed by atoms with Crippen molar-refractivity contribution in [3.05, 3.63) is 125 Å². The molecule has 3 rings (SSSR count). The van der Waals surface area contributed by atoms with Crippen molar-refractivity contribution < 1.29 is 0 Å². The highest BCUT2D eigenvalue weighted by Crippen LogP contribution is 2.10. The molecule has 0 aliphatic heterocycles. The van der Waals surface area contributed by atoms with Crippen molar-refractivity contribution in [3.63, 3.8) is 0 Å².